The van der Waals surface area contributed by atoms with Crippen LogP contribution in [0.25, 0.3) is 0 Å². The van der Waals surface area contributed by atoms with Gasteiger partial charge in [0.15, 0.2) is 0 Å². The zero-order valence-electron chi connectivity index (χ0n) is 15.3. The normalized spacial score (nSPS) is 10.9. The van der Waals surface area contributed by atoms with Crippen molar-refractivity contribution in [3.63, 3.8) is 0 Å². The third kappa shape index (κ3) is 6.74. The minimum Gasteiger partial charge on any atom is -0.326 e. The molecule has 2 aromatic carbocycles. The Labute approximate surface area is 159 Å². The van der Waals surface area contributed by atoms with Gasteiger partial charge >= 0.3 is 0 Å². The summed E-state index contributed by atoms with van der Waals surface area (Å²) in [4.78, 5) is 23.1. The van der Waals surface area contributed by atoms with E-state index in [1.54, 1.807) is 48.5 Å². The minimum absolute atomic E-state index is 0.166. The lowest BCUT2D eigenvalue weighted by molar-refractivity contribution is -0.116. The highest BCUT2D eigenvalue weighted by molar-refractivity contribution is 7.92. The Morgan fingerprint density at radius 2 is 1.48 bits per heavy atom. The Balaban J connectivity index is 1.88. The van der Waals surface area contributed by atoms with E-state index in [4.69, 9.17) is 0 Å². The second-order valence-electron chi connectivity index (χ2n) is 6.08. The third-order valence-electron chi connectivity index (χ3n) is 3.70. The van der Waals surface area contributed by atoms with Crippen LogP contribution in [0.5, 0.6) is 0 Å². The molecule has 2 rings (SSSR count). The molecule has 0 radical (unpaired) electrons. The summed E-state index contributed by atoms with van der Waals surface area (Å²) in [6, 6.07) is 15.6. The van der Waals surface area contributed by atoms with E-state index in [-0.39, 0.29) is 24.8 Å². The molecule has 0 aromatic heterocycles. The lowest BCUT2D eigenvalue weighted by atomic mass is 10.2. The van der Waals surface area contributed by atoms with Gasteiger partial charge < -0.3 is 10.6 Å². The lowest BCUT2D eigenvalue weighted by Crippen LogP contribution is -2.31. The van der Waals surface area contributed by atoms with Crippen molar-refractivity contribution in [2.75, 3.05) is 27.7 Å². The monoisotopic (exact) mass is 389 g/mol. The Morgan fingerprint density at radius 1 is 0.926 bits per heavy atom. The van der Waals surface area contributed by atoms with Crippen LogP contribution in [0.2, 0.25) is 0 Å². The summed E-state index contributed by atoms with van der Waals surface area (Å²) in [5.41, 5.74) is 1.83. The first kappa shape index (κ1) is 20.4. The molecule has 0 aliphatic heterocycles. The summed E-state index contributed by atoms with van der Waals surface area (Å²) in [5, 5.41) is 5.40. The molecule has 0 spiro atoms. The summed E-state index contributed by atoms with van der Waals surface area (Å²) in [6.07, 6.45) is 1.72. The molecule has 0 fully saturated rings. The molecule has 0 unspecified atom stereocenters. The molecule has 0 saturated carbocycles. The van der Waals surface area contributed by atoms with E-state index < -0.39 is 10.0 Å². The van der Waals surface area contributed by atoms with Crippen LogP contribution in [0.3, 0.4) is 0 Å². The van der Waals surface area contributed by atoms with Crippen LogP contribution in [0.4, 0.5) is 17.1 Å². The fraction of sp³-hybridized carbons (Fsp3) is 0.263. The first-order chi connectivity index (χ1) is 12.8. The smallest absolute Gasteiger partial charge is 0.232 e. The highest BCUT2D eigenvalue weighted by Gasteiger charge is 2.17. The van der Waals surface area contributed by atoms with E-state index in [0.717, 1.165) is 6.26 Å². The molecule has 7 nitrogen and oxygen atoms in total. The Kier molecular flexibility index (Phi) is 6.95. The number of anilines is 3. The maximum absolute atomic E-state index is 12.1. The fourth-order valence-electron chi connectivity index (χ4n) is 2.53. The molecule has 2 N–H and O–H groups in total. The molecule has 27 heavy (non-hydrogen) atoms. The molecule has 0 aliphatic carbocycles. The van der Waals surface area contributed by atoms with Crippen LogP contribution >= 0.6 is 0 Å². The molecule has 8 heteroatoms. The number of amides is 2. The topological polar surface area (TPSA) is 95.6 Å². The molecule has 144 valence electrons. The van der Waals surface area contributed by atoms with Crippen molar-refractivity contribution in [3.8, 4) is 0 Å². The van der Waals surface area contributed by atoms with Crippen molar-refractivity contribution in [1.82, 2.24) is 0 Å². The van der Waals surface area contributed by atoms with Crippen molar-refractivity contribution < 1.29 is 18.0 Å². The minimum atomic E-state index is -3.42. The van der Waals surface area contributed by atoms with E-state index in [0.29, 0.717) is 23.5 Å². The maximum atomic E-state index is 12.1. The van der Waals surface area contributed by atoms with E-state index in [2.05, 4.69) is 10.6 Å². The molecule has 2 amide bonds. The van der Waals surface area contributed by atoms with Crippen LogP contribution in [-0.2, 0) is 19.6 Å². The van der Waals surface area contributed by atoms with Gasteiger partial charge in [0, 0.05) is 31.3 Å². The zero-order chi connectivity index (χ0) is 19.9. The molecule has 0 atom stereocenters. The summed E-state index contributed by atoms with van der Waals surface area (Å²) in [6.45, 7) is 1.64. The van der Waals surface area contributed by atoms with Crippen LogP contribution in [0, 0.1) is 0 Å². The Bertz CT molecular complexity index is 881. The maximum Gasteiger partial charge on any atom is 0.232 e. The number of rotatable bonds is 8. The Morgan fingerprint density at radius 3 is 2.00 bits per heavy atom. The van der Waals surface area contributed by atoms with E-state index >= 15 is 0 Å². The number of nitrogens with one attached hydrogen (secondary N) is 2. The van der Waals surface area contributed by atoms with Crippen molar-refractivity contribution in [3.05, 3.63) is 54.6 Å². The van der Waals surface area contributed by atoms with Crippen LogP contribution in [0.15, 0.2) is 54.6 Å². The van der Waals surface area contributed by atoms with Gasteiger partial charge in [0.1, 0.15) is 0 Å². The van der Waals surface area contributed by atoms with Gasteiger partial charge in [0.25, 0.3) is 0 Å². The standard InChI is InChI=1S/C19H23N3O4S/c1-15(23)20-16-10-12-17(13-11-16)21-19(24)9-6-14-22(27(2,25)26)18-7-4-3-5-8-18/h3-5,7-8,10-13H,6,9,14H2,1-2H3,(H,20,23)(H,21,24). The average molecular weight is 389 g/mol. The van der Waals surface area contributed by atoms with Crippen molar-refractivity contribution in [2.45, 2.75) is 19.8 Å². The molecule has 0 saturated heterocycles. The molecule has 0 heterocycles. The molecular weight excluding hydrogens is 366 g/mol. The van der Waals surface area contributed by atoms with E-state index in [1.807, 2.05) is 6.07 Å². The number of benzene rings is 2. The summed E-state index contributed by atoms with van der Waals surface area (Å²) < 4.78 is 25.3. The summed E-state index contributed by atoms with van der Waals surface area (Å²) in [7, 11) is -3.42. The average Bonchev–Trinajstić information content (AvgIpc) is 2.59. The Hall–Kier alpha value is -2.87. The van der Waals surface area contributed by atoms with Gasteiger partial charge in [-0.15, -0.1) is 0 Å². The number of nitrogens with zero attached hydrogens (tertiary/aromatic N) is 1. The van der Waals surface area contributed by atoms with Gasteiger partial charge in [-0.3, -0.25) is 13.9 Å². The van der Waals surface area contributed by atoms with E-state index in [1.165, 1.54) is 11.2 Å². The molecular formula is C19H23N3O4S. The second kappa shape index (κ2) is 9.18. The highest BCUT2D eigenvalue weighted by Crippen LogP contribution is 2.18. The number of hydrogen-bond acceptors (Lipinski definition) is 4. The lowest BCUT2D eigenvalue weighted by Gasteiger charge is -2.22. The number of carbonyl (C=O) groups excluding carboxylic acids is 2. The van der Waals surface area contributed by atoms with Crippen LogP contribution in [-0.4, -0.2) is 33.0 Å². The molecule has 0 bridgehead atoms. The quantitative estimate of drug-likeness (QED) is 0.726. The third-order valence-corrected chi connectivity index (χ3v) is 4.89. The largest absolute Gasteiger partial charge is 0.326 e. The van der Waals surface area contributed by atoms with Crippen molar-refractivity contribution in [2.24, 2.45) is 0 Å². The van der Waals surface area contributed by atoms with E-state index in [9.17, 15) is 18.0 Å². The number of hydrogen-bond donors (Lipinski definition) is 2. The summed E-state index contributed by atoms with van der Waals surface area (Å²) >= 11 is 0. The number of sulfonamides is 1. The molecule has 2 aromatic rings. The first-order valence-electron chi connectivity index (χ1n) is 8.46. The summed E-state index contributed by atoms with van der Waals surface area (Å²) in [5.74, 6) is -0.371. The predicted octanol–water partition coefficient (Wildman–Crippen LogP) is 2.83. The molecule has 0 aliphatic rings. The van der Waals surface area contributed by atoms with Gasteiger partial charge in [-0.05, 0) is 42.8 Å². The van der Waals surface area contributed by atoms with Gasteiger partial charge in [-0.1, -0.05) is 18.2 Å². The predicted molar refractivity (Wildman–Crippen MR) is 107 cm³/mol. The first-order valence-corrected chi connectivity index (χ1v) is 10.3. The SMILES string of the molecule is CC(=O)Nc1ccc(NC(=O)CCCN(c2ccccc2)S(C)(=O)=O)cc1. The highest BCUT2D eigenvalue weighted by atomic mass is 32.2. The van der Waals surface area contributed by atoms with Gasteiger partial charge in [-0.25, -0.2) is 8.42 Å². The van der Waals surface area contributed by atoms with Crippen molar-refractivity contribution >= 4 is 38.9 Å². The second-order valence-corrected chi connectivity index (χ2v) is 7.99. The van der Waals surface area contributed by atoms with Crippen LogP contribution < -0.4 is 14.9 Å². The fourth-order valence-corrected chi connectivity index (χ4v) is 3.49. The van der Waals surface area contributed by atoms with Gasteiger partial charge in [0.05, 0.1) is 11.9 Å². The van der Waals surface area contributed by atoms with Gasteiger partial charge in [0.2, 0.25) is 21.8 Å². The number of para-hydroxylation sites is 1. The number of carbonyl (C=O) groups is 2. The van der Waals surface area contributed by atoms with Crippen molar-refractivity contribution in [1.29, 1.82) is 0 Å². The zero-order valence-corrected chi connectivity index (χ0v) is 16.1. The van der Waals surface area contributed by atoms with Gasteiger partial charge in [-0.2, -0.15) is 0 Å². The van der Waals surface area contributed by atoms with Crippen LogP contribution in [0.1, 0.15) is 19.8 Å².